The number of aliphatic carboxylic acids is 3. The normalized spacial score (nSPS) is 14.3. The van der Waals surface area contributed by atoms with Gasteiger partial charge in [-0.1, -0.05) is 20.3 Å². The number of nitrogens with two attached hydrogens (primary N) is 2. The van der Waals surface area contributed by atoms with Gasteiger partial charge in [0.1, 0.15) is 18.1 Å². The number of hydrogen-bond donors (Lipinski definition) is 8. The smallest absolute Gasteiger partial charge is 0.326 e. The molecule has 0 radical (unpaired) electrons. The summed E-state index contributed by atoms with van der Waals surface area (Å²) in [6.45, 7) is 3.90. The SMILES string of the molecule is CC(C)CC(NC(=O)C(CCC(=O)O)NC(=O)C(N)CCCCN)C(=O)NC(CC(=O)O)C(=O)O. The molecule has 4 atom stereocenters. The Balaban J connectivity index is 5.52. The Morgan fingerprint density at radius 2 is 1.29 bits per heavy atom. The Hall–Kier alpha value is -3.26. The number of amides is 3. The van der Waals surface area contributed by atoms with Crippen LogP contribution >= 0.6 is 0 Å². The summed E-state index contributed by atoms with van der Waals surface area (Å²) in [6.07, 6.45) is -0.0204. The number of carbonyl (C=O) groups excluding carboxylic acids is 3. The summed E-state index contributed by atoms with van der Waals surface area (Å²) in [5, 5.41) is 33.9. The van der Waals surface area contributed by atoms with Crippen molar-refractivity contribution in [3.63, 3.8) is 0 Å². The maximum atomic E-state index is 12.9. The molecule has 0 heterocycles. The number of carboxylic acid groups (broad SMARTS) is 3. The van der Waals surface area contributed by atoms with Gasteiger partial charge in [0, 0.05) is 6.42 Å². The third-order valence-electron chi connectivity index (χ3n) is 4.92. The van der Waals surface area contributed by atoms with E-state index in [-0.39, 0.29) is 18.8 Å². The van der Waals surface area contributed by atoms with Crippen molar-refractivity contribution in [2.75, 3.05) is 6.54 Å². The molecule has 200 valence electrons. The second-order valence-corrected chi connectivity index (χ2v) is 8.57. The van der Waals surface area contributed by atoms with E-state index in [1.807, 2.05) is 0 Å². The lowest BCUT2D eigenvalue weighted by atomic mass is 10.0. The average molecular weight is 504 g/mol. The molecule has 35 heavy (non-hydrogen) atoms. The molecule has 0 saturated heterocycles. The van der Waals surface area contributed by atoms with E-state index in [4.69, 9.17) is 26.8 Å². The molecule has 0 bridgehead atoms. The topological polar surface area (TPSA) is 251 Å². The number of unbranched alkanes of at least 4 members (excludes halogenated alkanes) is 1. The monoisotopic (exact) mass is 503 g/mol. The summed E-state index contributed by atoms with van der Waals surface area (Å²) in [7, 11) is 0. The van der Waals surface area contributed by atoms with Crippen LogP contribution in [0.15, 0.2) is 0 Å². The first-order valence-corrected chi connectivity index (χ1v) is 11.3. The molecular weight excluding hydrogens is 466 g/mol. The summed E-state index contributed by atoms with van der Waals surface area (Å²) in [5.74, 6) is -6.82. The molecule has 0 saturated carbocycles. The first kappa shape index (κ1) is 31.7. The number of carbonyl (C=O) groups is 6. The Bertz CT molecular complexity index is 759. The van der Waals surface area contributed by atoms with Crippen molar-refractivity contribution >= 4 is 35.6 Å². The van der Waals surface area contributed by atoms with Crippen LogP contribution in [-0.2, 0) is 28.8 Å². The van der Waals surface area contributed by atoms with Crippen LogP contribution in [0.1, 0.15) is 58.8 Å². The minimum atomic E-state index is -1.72. The Kier molecular flexibility index (Phi) is 14.9. The Morgan fingerprint density at radius 3 is 1.77 bits per heavy atom. The molecule has 0 aromatic rings. The van der Waals surface area contributed by atoms with Gasteiger partial charge < -0.3 is 42.7 Å². The van der Waals surface area contributed by atoms with E-state index < -0.39 is 72.6 Å². The Morgan fingerprint density at radius 1 is 0.743 bits per heavy atom. The van der Waals surface area contributed by atoms with Gasteiger partial charge in [0.2, 0.25) is 17.7 Å². The molecule has 0 aliphatic carbocycles. The third-order valence-corrected chi connectivity index (χ3v) is 4.92. The first-order valence-electron chi connectivity index (χ1n) is 11.3. The van der Waals surface area contributed by atoms with Crippen molar-refractivity contribution in [3.8, 4) is 0 Å². The van der Waals surface area contributed by atoms with E-state index in [9.17, 15) is 28.8 Å². The quantitative estimate of drug-likeness (QED) is 0.0985. The summed E-state index contributed by atoms with van der Waals surface area (Å²) in [5.41, 5.74) is 11.2. The van der Waals surface area contributed by atoms with Crippen LogP contribution in [-0.4, -0.2) is 81.7 Å². The molecular formula is C21H37N5O9. The molecule has 4 unspecified atom stereocenters. The van der Waals surface area contributed by atoms with Crippen molar-refractivity contribution in [2.45, 2.75) is 83.0 Å². The molecule has 14 nitrogen and oxygen atoms in total. The van der Waals surface area contributed by atoms with Gasteiger partial charge in [0.05, 0.1) is 12.5 Å². The largest absolute Gasteiger partial charge is 0.481 e. The van der Waals surface area contributed by atoms with Crippen LogP contribution < -0.4 is 27.4 Å². The predicted molar refractivity (Wildman–Crippen MR) is 123 cm³/mol. The van der Waals surface area contributed by atoms with Crippen LogP contribution in [0.5, 0.6) is 0 Å². The second kappa shape index (κ2) is 16.4. The highest BCUT2D eigenvalue weighted by atomic mass is 16.4. The number of rotatable bonds is 18. The number of carboxylic acids is 3. The summed E-state index contributed by atoms with van der Waals surface area (Å²) in [4.78, 5) is 71.2. The van der Waals surface area contributed by atoms with Crippen LogP contribution in [0.4, 0.5) is 0 Å². The van der Waals surface area contributed by atoms with Crippen molar-refractivity contribution in [3.05, 3.63) is 0 Å². The maximum Gasteiger partial charge on any atom is 0.326 e. The Labute approximate surface area is 203 Å². The zero-order chi connectivity index (χ0) is 27.1. The third kappa shape index (κ3) is 13.9. The van der Waals surface area contributed by atoms with Gasteiger partial charge in [-0.05, 0) is 38.1 Å². The van der Waals surface area contributed by atoms with Crippen molar-refractivity contribution < 1.29 is 44.1 Å². The standard InChI is InChI=1S/C21H37N5O9/c1-11(2)9-14(20(33)26-15(21(34)35)10-17(29)30)25-19(32)13(6-7-16(27)28)24-18(31)12(23)5-3-4-8-22/h11-15H,3-10,22-23H2,1-2H3,(H,24,31)(H,25,32)(H,26,33)(H,27,28)(H,29,30)(H,34,35). The fourth-order valence-corrected chi connectivity index (χ4v) is 3.08. The molecule has 3 amide bonds. The molecule has 14 heteroatoms. The fourth-order valence-electron chi connectivity index (χ4n) is 3.08. The van der Waals surface area contributed by atoms with Crippen molar-refractivity contribution in [1.82, 2.24) is 16.0 Å². The van der Waals surface area contributed by atoms with E-state index in [1.54, 1.807) is 13.8 Å². The van der Waals surface area contributed by atoms with Crippen molar-refractivity contribution in [2.24, 2.45) is 17.4 Å². The van der Waals surface area contributed by atoms with Crippen LogP contribution in [0.3, 0.4) is 0 Å². The number of hydrogen-bond acceptors (Lipinski definition) is 8. The van der Waals surface area contributed by atoms with Gasteiger partial charge in [0.25, 0.3) is 0 Å². The van der Waals surface area contributed by atoms with E-state index in [2.05, 4.69) is 16.0 Å². The summed E-state index contributed by atoms with van der Waals surface area (Å²) < 4.78 is 0. The van der Waals surface area contributed by atoms with Crippen LogP contribution in [0.2, 0.25) is 0 Å². The predicted octanol–water partition coefficient (Wildman–Crippen LogP) is -1.63. The molecule has 0 spiro atoms. The van der Waals surface area contributed by atoms with Crippen molar-refractivity contribution in [1.29, 1.82) is 0 Å². The minimum Gasteiger partial charge on any atom is -0.481 e. The highest BCUT2D eigenvalue weighted by molar-refractivity contribution is 5.94. The van der Waals surface area contributed by atoms with Crippen LogP contribution in [0, 0.1) is 5.92 Å². The molecule has 0 fully saturated rings. The van der Waals surface area contributed by atoms with E-state index in [0.29, 0.717) is 25.8 Å². The van der Waals surface area contributed by atoms with Crippen LogP contribution in [0.25, 0.3) is 0 Å². The number of nitrogens with one attached hydrogen (secondary N) is 3. The van der Waals surface area contributed by atoms with Gasteiger partial charge in [0.15, 0.2) is 0 Å². The van der Waals surface area contributed by atoms with Gasteiger partial charge in [-0.2, -0.15) is 0 Å². The molecule has 0 aromatic carbocycles. The van der Waals surface area contributed by atoms with Gasteiger partial charge in [-0.15, -0.1) is 0 Å². The molecule has 0 aliphatic heterocycles. The van der Waals surface area contributed by atoms with Gasteiger partial charge in [-0.3, -0.25) is 24.0 Å². The molecule has 10 N–H and O–H groups in total. The lowest BCUT2D eigenvalue weighted by Crippen LogP contribution is -2.57. The molecule has 0 rings (SSSR count). The van der Waals surface area contributed by atoms with E-state index >= 15 is 0 Å². The van der Waals surface area contributed by atoms with Gasteiger partial charge >= 0.3 is 17.9 Å². The highest BCUT2D eigenvalue weighted by Gasteiger charge is 2.31. The lowest BCUT2D eigenvalue weighted by molar-refractivity contribution is -0.147. The van der Waals surface area contributed by atoms with E-state index in [1.165, 1.54) is 0 Å². The zero-order valence-electron chi connectivity index (χ0n) is 20.0. The minimum absolute atomic E-state index is 0.0647. The summed E-state index contributed by atoms with van der Waals surface area (Å²) >= 11 is 0. The fraction of sp³-hybridized carbons (Fsp3) is 0.714. The zero-order valence-corrected chi connectivity index (χ0v) is 20.0. The second-order valence-electron chi connectivity index (χ2n) is 8.57. The molecule has 0 aromatic heterocycles. The first-order chi connectivity index (χ1) is 16.3. The summed E-state index contributed by atoms with van der Waals surface area (Å²) in [6, 6.07) is -5.26. The lowest BCUT2D eigenvalue weighted by Gasteiger charge is -2.25. The molecule has 0 aliphatic rings. The highest BCUT2D eigenvalue weighted by Crippen LogP contribution is 2.09. The van der Waals surface area contributed by atoms with Gasteiger partial charge in [-0.25, -0.2) is 4.79 Å². The van der Waals surface area contributed by atoms with E-state index in [0.717, 1.165) is 0 Å². The average Bonchev–Trinajstić information content (AvgIpc) is 2.74. The maximum absolute atomic E-state index is 12.9.